The summed E-state index contributed by atoms with van der Waals surface area (Å²) in [5, 5.41) is 0. The van der Waals surface area contributed by atoms with Crippen LogP contribution in [0, 0.1) is 0 Å². The van der Waals surface area contributed by atoms with Gasteiger partial charge < -0.3 is 9.31 Å². The first-order valence-corrected chi connectivity index (χ1v) is 8.34. The minimum absolute atomic E-state index is 0.189. The smallest absolute Gasteiger partial charge is 0.403 e. The van der Waals surface area contributed by atoms with Gasteiger partial charge in [0.25, 0.3) is 0 Å². The largest absolute Gasteiger partial charge is 0.458 e. The molecule has 0 N–H and O–H groups in total. The van der Waals surface area contributed by atoms with Crippen LogP contribution in [0.1, 0.15) is 44.7 Å². The van der Waals surface area contributed by atoms with Crippen molar-refractivity contribution in [2.45, 2.75) is 51.1 Å². The summed E-state index contributed by atoms with van der Waals surface area (Å²) in [4.78, 5) is 0. The van der Waals surface area contributed by atoms with E-state index in [4.69, 9.17) is 9.31 Å². The van der Waals surface area contributed by atoms with Crippen molar-refractivity contribution in [3.05, 3.63) is 71.8 Å². The Kier molecular flexibility index (Phi) is 4.35. The van der Waals surface area contributed by atoms with Crippen LogP contribution in [-0.4, -0.2) is 18.3 Å². The van der Waals surface area contributed by atoms with Crippen LogP contribution in [0.4, 0.5) is 0 Å². The highest BCUT2D eigenvalue weighted by atomic mass is 16.7. The molecular formula is C20H25BO2. The molecule has 0 unspecified atom stereocenters. The minimum Gasteiger partial charge on any atom is -0.403 e. The molecule has 1 heterocycles. The van der Waals surface area contributed by atoms with Crippen LogP contribution in [0.15, 0.2) is 60.7 Å². The van der Waals surface area contributed by atoms with Crippen molar-refractivity contribution in [3.8, 4) is 0 Å². The number of rotatable bonds is 4. The monoisotopic (exact) mass is 308 g/mol. The molecule has 2 aromatic carbocycles. The summed E-state index contributed by atoms with van der Waals surface area (Å²) in [6, 6.07) is 21.2. The number of hydrogen-bond donors (Lipinski definition) is 0. The quantitative estimate of drug-likeness (QED) is 0.747. The van der Waals surface area contributed by atoms with Gasteiger partial charge in [0.05, 0.1) is 11.2 Å². The second-order valence-electron chi connectivity index (χ2n) is 7.30. The van der Waals surface area contributed by atoms with Gasteiger partial charge in [-0.15, -0.1) is 0 Å². The highest BCUT2D eigenvalue weighted by Gasteiger charge is 2.51. The molecule has 0 bridgehead atoms. The molecule has 3 rings (SSSR count). The molecule has 1 aliphatic rings. The van der Waals surface area contributed by atoms with Gasteiger partial charge >= 0.3 is 7.12 Å². The average Bonchev–Trinajstić information content (AvgIpc) is 2.74. The molecule has 3 heteroatoms. The molecular weight excluding hydrogens is 283 g/mol. The Balaban J connectivity index is 1.87. The Labute approximate surface area is 140 Å². The third kappa shape index (κ3) is 3.36. The molecule has 0 aromatic heterocycles. The fourth-order valence-corrected chi connectivity index (χ4v) is 3.09. The Morgan fingerprint density at radius 3 is 1.52 bits per heavy atom. The van der Waals surface area contributed by atoms with E-state index < -0.39 is 0 Å². The summed E-state index contributed by atoms with van der Waals surface area (Å²) in [7, 11) is -0.189. The SMILES string of the molecule is CC1(C)OB(CC(c2ccccc2)c2ccccc2)OC1(C)C. The van der Waals surface area contributed by atoms with E-state index in [0.29, 0.717) is 0 Å². The Morgan fingerprint density at radius 2 is 1.13 bits per heavy atom. The lowest BCUT2D eigenvalue weighted by atomic mass is 9.72. The van der Waals surface area contributed by atoms with Gasteiger partial charge in [0, 0.05) is 5.92 Å². The lowest BCUT2D eigenvalue weighted by molar-refractivity contribution is 0.00578. The molecule has 1 aliphatic heterocycles. The van der Waals surface area contributed by atoms with E-state index in [0.717, 1.165) is 6.32 Å². The highest BCUT2D eigenvalue weighted by molar-refractivity contribution is 6.45. The fourth-order valence-electron chi connectivity index (χ4n) is 3.09. The van der Waals surface area contributed by atoms with Gasteiger partial charge in [-0.3, -0.25) is 0 Å². The predicted octanol–water partition coefficient (Wildman–Crippen LogP) is 4.91. The predicted molar refractivity (Wildman–Crippen MR) is 95.6 cm³/mol. The summed E-state index contributed by atoms with van der Waals surface area (Å²) in [6.45, 7) is 8.42. The van der Waals surface area contributed by atoms with E-state index in [-0.39, 0.29) is 24.2 Å². The van der Waals surface area contributed by atoms with Crippen LogP contribution in [0.5, 0.6) is 0 Å². The molecule has 0 amide bonds. The van der Waals surface area contributed by atoms with E-state index in [9.17, 15) is 0 Å². The zero-order valence-corrected chi connectivity index (χ0v) is 14.5. The van der Waals surface area contributed by atoms with Gasteiger partial charge in [0.2, 0.25) is 0 Å². The van der Waals surface area contributed by atoms with Gasteiger partial charge in [0.15, 0.2) is 0 Å². The van der Waals surface area contributed by atoms with Gasteiger partial charge in [-0.2, -0.15) is 0 Å². The van der Waals surface area contributed by atoms with E-state index >= 15 is 0 Å². The lowest BCUT2D eigenvalue weighted by Gasteiger charge is -2.32. The van der Waals surface area contributed by atoms with Gasteiger partial charge in [-0.1, -0.05) is 60.7 Å². The first-order chi connectivity index (χ1) is 10.9. The molecule has 1 fully saturated rings. The van der Waals surface area contributed by atoms with Gasteiger partial charge in [-0.25, -0.2) is 0 Å². The van der Waals surface area contributed by atoms with Crippen molar-refractivity contribution >= 4 is 7.12 Å². The van der Waals surface area contributed by atoms with Crippen molar-refractivity contribution in [2.75, 3.05) is 0 Å². The maximum absolute atomic E-state index is 6.22. The van der Waals surface area contributed by atoms with E-state index in [1.807, 2.05) is 0 Å². The standard InChI is InChI=1S/C20H25BO2/c1-19(2)20(3,4)23-21(22-19)15-18(16-11-7-5-8-12-16)17-13-9-6-10-14-17/h5-14,18H,15H2,1-4H3. The van der Waals surface area contributed by atoms with Crippen molar-refractivity contribution in [1.29, 1.82) is 0 Å². The first kappa shape index (κ1) is 16.3. The van der Waals surface area contributed by atoms with Crippen LogP contribution in [-0.2, 0) is 9.31 Å². The van der Waals surface area contributed by atoms with Crippen molar-refractivity contribution in [1.82, 2.24) is 0 Å². The Hall–Kier alpha value is -1.58. The van der Waals surface area contributed by atoms with Crippen LogP contribution in [0.25, 0.3) is 0 Å². The van der Waals surface area contributed by atoms with Crippen molar-refractivity contribution in [2.24, 2.45) is 0 Å². The summed E-state index contributed by atoms with van der Waals surface area (Å²) in [5.41, 5.74) is 2.03. The normalized spacial score (nSPS) is 19.3. The highest BCUT2D eigenvalue weighted by Crippen LogP contribution is 2.41. The summed E-state index contributed by atoms with van der Waals surface area (Å²) >= 11 is 0. The second-order valence-corrected chi connectivity index (χ2v) is 7.30. The van der Waals surface area contributed by atoms with Gasteiger partial charge in [0.1, 0.15) is 0 Å². The average molecular weight is 308 g/mol. The van der Waals surface area contributed by atoms with Crippen LogP contribution in [0.3, 0.4) is 0 Å². The zero-order chi connectivity index (χ0) is 16.5. The van der Waals surface area contributed by atoms with E-state index in [1.165, 1.54) is 11.1 Å². The molecule has 0 atom stereocenters. The maximum atomic E-state index is 6.22. The zero-order valence-electron chi connectivity index (χ0n) is 14.5. The first-order valence-electron chi connectivity index (χ1n) is 8.34. The maximum Gasteiger partial charge on any atom is 0.458 e. The summed E-state index contributed by atoms with van der Waals surface area (Å²) in [6.07, 6.45) is 0.820. The van der Waals surface area contributed by atoms with Crippen LogP contribution >= 0.6 is 0 Å². The van der Waals surface area contributed by atoms with Crippen molar-refractivity contribution < 1.29 is 9.31 Å². The third-order valence-corrected chi connectivity index (χ3v) is 5.13. The van der Waals surface area contributed by atoms with E-state index in [1.54, 1.807) is 0 Å². The molecule has 0 spiro atoms. The van der Waals surface area contributed by atoms with Crippen molar-refractivity contribution in [3.63, 3.8) is 0 Å². The topological polar surface area (TPSA) is 18.5 Å². The second kappa shape index (κ2) is 6.14. The molecule has 0 aliphatic carbocycles. The summed E-state index contributed by atoms with van der Waals surface area (Å²) in [5.74, 6) is 0.270. The molecule has 120 valence electrons. The third-order valence-electron chi connectivity index (χ3n) is 5.13. The van der Waals surface area contributed by atoms with Crippen LogP contribution < -0.4 is 0 Å². The molecule has 1 saturated heterocycles. The molecule has 2 aromatic rings. The minimum atomic E-state index is -0.282. The molecule has 23 heavy (non-hydrogen) atoms. The fraction of sp³-hybridized carbons (Fsp3) is 0.400. The number of hydrogen-bond acceptors (Lipinski definition) is 2. The van der Waals surface area contributed by atoms with Crippen LogP contribution in [0.2, 0.25) is 6.32 Å². The van der Waals surface area contributed by atoms with E-state index in [2.05, 4.69) is 88.4 Å². The molecule has 0 radical (unpaired) electrons. The Morgan fingerprint density at radius 1 is 0.739 bits per heavy atom. The molecule has 2 nitrogen and oxygen atoms in total. The Bertz CT molecular complexity index is 582. The summed E-state index contributed by atoms with van der Waals surface area (Å²) < 4.78 is 12.4. The lowest BCUT2D eigenvalue weighted by Crippen LogP contribution is -2.41. The number of benzene rings is 2. The molecule has 0 saturated carbocycles. The van der Waals surface area contributed by atoms with Gasteiger partial charge in [-0.05, 0) is 45.1 Å².